The largest absolute Gasteiger partial charge is 0.457 e. The number of amides is 1. The topological polar surface area (TPSA) is 55.8 Å². The summed E-state index contributed by atoms with van der Waals surface area (Å²) < 4.78 is 10.9. The average molecular weight is 343 g/mol. The molecule has 134 valence electrons. The zero-order valence-corrected chi connectivity index (χ0v) is 15.0. The lowest BCUT2D eigenvalue weighted by molar-refractivity contribution is -0.140. The zero-order valence-electron chi connectivity index (χ0n) is 15.0. The molecule has 1 fully saturated rings. The van der Waals surface area contributed by atoms with Crippen LogP contribution in [0, 0.1) is 11.8 Å². The predicted octanol–water partition coefficient (Wildman–Crippen LogP) is 3.54. The van der Waals surface area contributed by atoms with E-state index in [1.54, 1.807) is 4.90 Å². The van der Waals surface area contributed by atoms with Gasteiger partial charge in [0.1, 0.15) is 12.2 Å². The second kappa shape index (κ2) is 6.90. The molecule has 25 heavy (non-hydrogen) atoms. The predicted molar refractivity (Wildman–Crippen MR) is 93.7 cm³/mol. The fourth-order valence-corrected chi connectivity index (χ4v) is 3.41. The van der Waals surface area contributed by atoms with Crippen LogP contribution in [0.15, 0.2) is 42.0 Å². The molecule has 1 aromatic carbocycles. The molecule has 0 aromatic heterocycles. The Morgan fingerprint density at radius 2 is 1.88 bits per heavy atom. The Labute approximate surface area is 148 Å². The van der Waals surface area contributed by atoms with Crippen molar-refractivity contribution in [2.24, 2.45) is 11.8 Å². The minimum atomic E-state index is -0.512. The highest BCUT2D eigenvalue weighted by Gasteiger charge is 2.43. The number of hydrogen-bond acceptors (Lipinski definition) is 4. The van der Waals surface area contributed by atoms with Crippen molar-refractivity contribution in [3.05, 3.63) is 47.5 Å². The first kappa shape index (κ1) is 17.5. The van der Waals surface area contributed by atoms with E-state index < -0.39 is 5.60 Å². The lowest BCUT2D eigenvalue weighted by Gasteiger charge is -2.24. The molecule has 1 heterocycles. The molecule has 1 amide bonds. The van der Waals surface area contributed by atoms with Gasteiger partial charge in [0, 0.05) is 24.6 Å². The van der Waals surface area contributed by atoms with E-state index in [0.717, 1.165) is 12.0 Å². The molecule has 1 saturated heterocycles. The summed E-state index contributed by atoms with van der Waals surface area (Å²) in [4.78, 5) is 26.4. The molecule has 0 saturated carbocycles. The van der Waals surface area contributed by atoms with Gasteiger partial charge in [0.25, 0.3) is 0 Å². The molecular weight excluding hydrogens is 318 g/mol. The molecule has 0 spiro atoms. The summed E-state index contributed by atoms with van der Waals surface area (Å²) in [5, 5.41) is 0. The summed E-state index contributed by atoms with van der Waals surface area (Å²) in [6.07, 6.45) is 2.47. The lowest BCUT2D eigenvalue weighted by Crippen LogP contribution is -2.36. The molecule has 5 nitrogen and oxygen atoms in total. The van der Waals surface area contributed by atoms with Crippen LogP contribution in [-0.4, -0.2) is 35.7 Å². The minimum Gasteiger partial charge on any atom is -0.457 e. The number of allylic oxidation sites excluding steroid dienone is 1. The van der Waals surface area contributed by atoms with Crippen LogP contribution in [-0.2, 0) is 20.9 Å². The van der Waals surface area contributed by atoms with Crippen molar-refractivity contribution in [2.75, 3.05) is 13.1 Å². The number of fused-ring (bicyclic) bond motifs is 1. The van der Waals surface area contributed by atoms with Gasteiger partial charge in [-0.05, 0) is 38.7 Å². The maximum absolute atomic E-state index is 12.4. The third kappa shape index (κ3) is 4.21. The summed E-state index contributed by atoms with van der Waals surface area (Å²) in [5.74, 6) is 0.0602. The van der Waals surface area contributed by atoms with E-state index in [2.05, 4.69) is 0 Å². The van der Waals surface area contributed by atoms with Crippen molar-refractivity contribution in [1.29, 1.82) is 0 Å². The van der Waals surface area contributed by atoms with Crippen LogP contribution in [0.1, 0.15) is 32.8 Å². The van der Waals surface area contributed by atoms with Crippen molar-refractivity contribution >= 4 is 12.1 Å². The van der Waals surface area contributed by atoms with Gasteiger partial charge in [-0.25, -0.2) is 9.59 Å². The number of nitrogens with zero attached hydrogens (tertiary/aromatic N) is 1. The van der Waals surface area contributed by atoms with Gasteiger partial charge in [0.05, 0.1) is 0 Å². The fourth-order valence-electron chi connectivity index (χ4n) is 3.41. The molecule has 5 heteroatoms. The van der Waals surface area contributed by atoms with Crippen molar-refractivity contribution in [3.8, 4) is 0 Å². The molecule has 1 aromatic rings. The van der Waals surface area contributed by atoms with Crippen molar-refractivity contribution in [1.82, 2.24) is 4.90 Å². The number of carbonyl (C=O) groups excluding carboxylic acids is 2. The number of likely N-dealkylation sites (tertiary alicyclic amines) is 1. The Kier molecular flexibility index (Phi) is 4.84. The first-order chi connectivity index (χ1) is 11.8. The number of esters is 1. The summed E-state index contributed by atoms with van der Waals surface area (Å²) in [7, 11) is 0. The van der Waals surface area contributed by atoms with Crippen molar-refractivity contribution in [2.45, 2.75) is 39.4 Å². The quantitative estimate of drug-likeness (QED) is 0.788. The molecule has 1 aliphatic carbocycles. The number of ether oxygens (including phenoxy) is 2. The molecule has 0 radical (unpaired) electrons. The van der Waals surface area contributed by atoms with Gasteiger partial charge >= 0.3 is 12.1 Å². The fraction of sp³-hybridized carbons (Fsp3) is 0.500. The van der Waals surface area contributed by atoms with Crippen LogP contribution in [0.2, 0.25) is 0 Å². The SMILES string of the molecule is CC(C)(C)OC(=O)N1CC2CC=C(C(=O)OCc3ccccc3)C2C1. The first-order valence-electron chi connectivity index (χ1n) is 8.72. The molecule has 0 bridgehead atoms. The smallest absolute Gasteiger partial charge is 0.410 e. The Morgan fingerprint density at radius 1 is 1.16 bits per heavy atom. The van der Waals surface area contributed by atoms with Crippen molar-refractivity contribution in [3.63, 3.8) is 0 Å². The molecular formula is C20H25NO4. The normalized spacial score (nSPS) is 22.4. The van der Waals surface area contributed by atoms with Crippen LogP contribution in [0.4, 0.5) is 4.79 Å². The highest BCUT2D eigenvalue weighted by atomic mass is 16.6. The third-order valence-electron chi connectivity index (χ3n) is 4.58. The second-order valence-corrected chi connectivity index (χ2v) is 7.71. The van der Waals surface area contributed by atoms with Gasteiger partial charge in [0.2, 0.25) is 0 Å². The number of hydrogen-bond donors (Lipinski definition) is 0. The number of rotatable bonds is 3. The van der Waals surface area contributed by atoms with E-state index in [4.69, 9.17) is 9.47 Å². The third-order valence-corrected chi connectivity index (χ3v) is 4.58. The van der Waals surface area contributed by atoms with Gasteiger partial charge in [-0.15, -0.1) is 0 Å². The van der Waals surface area contributed by atoms with Crippen LogP contribution >= 0.6 is 0 Å². The average Bonchev–Trinajstić information content (AvgIpc) is 3.12. The Hall–Kier alpha value is -2.30. The molecule has 2 aliphatic rings. The summed E-state index contributed by atoms with van der Waals surface area (Å²) in [6, 6.07) is 9.63. The first-order valence-corrected chi connectivity index (χ1v) is 8.72. The maximum Gasteiger partial charge on any atom is 0.410 e. The van der Waals surface area contributed by atoms with E-state index >= 15 is 0 Å². The van der Waals surface area contributed by atoms with Crippen LogP contribution < -0.4 is 0 Å². The van der Waals surface area contributed by atoms with Crippen LogP contribution in [0.25, 0.3) is 0 Å². The summed E-state index contributed by atoms with van der Waals surface area (Å²) in [6.45, 7) is 6.98. The molecule has 1 aliphatic heterocycles. The molecule has 0 N–H and O–H groups in total. The van der Waals surface area contributed by atoms with Gasteiger partial charge in [-0.3, -0.25) is 0 Å². The van der Waals surface area contributed by atoms with E-state index in [1.807, 2.05) is 57.2 Å². The Bertz CT molecular complexity index is 675. The van der Waals surface area contributed by atoms with E-state index in [1.165, 1.54) is 0 Å². The Balaban J connectivity index is 1.56. The van der Waals surface area contributed by atoms with E-state index in [0.29, 0.717) is 18.7 Å². The van der Waals surface area contributed by atoms with Gasteiger partial charge in [-0.1, -0.05) is 36.4 Å². The van der Waals surface area contributed by atoms with Gasteiger partial charge < -0.3 is 14.4 Å². The molecule has 2 unspecified atom stereocenters. The second-order valence-electron chi connectivity index (χ2n) is 7.71. The lowest BCUT2D eigenvalue weighted by atomic mass is 9.95. The monoisotopic (exact) mass is 343 g/mol. The highest BCUT2D eigenvalue weighted by Crippen LogP contribution is 2.39. The summed E-state index contributed by atoms with van der Waals surface area (Å²) >= 11 is 0. The van der Waals surface area contributed by atoms with Gasteiger partial charge in [-0.2, -0.15) is 0 Å². The maximum atomic E-state index is 12.4. The Morgan fingerprint density at radius 3 is 2.56 bits per heavy atom. The number of carbonyl (C=O) groups is 2. The molecule has 2 atom stereocenters. The van der Waals surface area contributed by atoms with Crippen molar-refractivity contribution < 1.29 is 19.1 Å². The standard InChI is InChI=1S/C20H25NO4/c1-20(2,3)25-19(23)21-11-15-9-10-16(17(15)12-21)18(22)24-13-14-7-5-4-6-8-14/h4-8,10,15,17H,9,11-13H2,1-3H3. The van der Waals surface area contributed by atoms with Crippen LogP contribution in [0.5, 0.6) is 0 Å². The minimum absolute atomic E-state index is 0.0517. The van der Waals surface area contributed by atoms with E-state index in [-0.39, 0.29) is 30.5 Å². The molecule has 3 rings (SSSR count). The zero-order chi connectivity index (χ0) is 18.0. The highest BCUT2D eigenvalue weighted by molar-refractivity contribution is 5.90. The number of benzene rings is 1. The summed E-state index contributed by atoms with van der Waals surface area (Å²) in [5.41, 5.74) is 1.15. The van der Waals surface area contributed by atoms with Gasteiger partial charge in [0.15, 0.2) is 0 Å². The van der Waals surface area contributed by atoms with E-state index in [9.17, 15) is 9.59 Å². The van der Waals surface area contributed by atoms with Crippen LogP contribution in [0.3, 0.4) is 0 Å².